The van der Waals surface area contributed by atoms with Crippen molar-refractivity contribution >= 4 is 33.3 Å². The minimum absolute atomic E-state index is 0.0922. The molecule has 32 heavy (non-hydrogen) atoms. The van der Waals surface area contributed by atoms with E-state index in [1.54, 1.807) is 12.1 Å². The first-order valence-electron chi connectivity index (χ1n) is 10.8. The van der Waals surface area contributed by atoms with Gasteiger partial charge >= 0.3 is 6.03 Å². The van der Waals surface area contributed by atoms with E-state index in [0.717, 1.165) is 24.3 Å². The number of rotatable bonds is 8. The molecule has 1 aromatic rings. The molecule has 3 saturated heterocycles. The lowest BCUT2D eigenvalue weighted by Gasteiger charge is -2.26. The average molecular weight is 468 g/mol. The van der Waals surface area contributed by atoms with Gasteiger partial charge in [0, 0.05) is 39.3 Å². The van der Waals surface area contributed by atoms with E-state index in [2.05, 4.69) is 16.0 Å². The third-order valence-corrected chi connectivity index (χ3v) is 7.63. The smallest absolute Gasteiger partial charge is 0.324 e. The minimum Gasteiger partial charge on any atom is -0.381 e. The summed E-state index contributed by atoms with van der Waals surface area (Å²) in [5.74, 6) is -0.383. The van der Waals surface area contributed by atoms with Crippen LogP contribution in [0.1, 0.15) is 12.8 Å². The summed E-state index contributed by atoms with van der Waals surface area (Å²) < 4.78 is 38.5. The molecule has 3 heterocycles. The number of anilines is 2. The first kappa shape index (κ1) is 22.8. The molecular formula is C20H29N5O6S. The van der Waals surface area contributed by atoms with Crippen LogP contribution in [0.3, 0.4) is 0 Å². The molecule has 4 rings (SSSR count). The fourth-order valence-electron chi connectivity index (χ4n) is 3.93. The van der Waals surface area contributed by atoms with Crippen molar-refractivity contribution in [2.75, 3.05) is 69.7 Å². The lowest BCUT2D eigenvalue weighted by atomic mass is 10.2. The van der Waals surface area contributed by atoms with Crippen LogP contribution in [-0.2, 0) is 24.3 Å². The number of carbonyl (C=O) groups excluding carboxylic acids is 2. The van der Waals surface area contributed by atoms with E-state index < -0.39 is 16.1 Å². The quantitative estimate of drug-likeness (QED) is 0.497. The maximum absolute atomic E-state index is 13.1. The van der Waals surface area contributed by atoms with Crippen molar-refractivity contribution < 1.29 is 27.5 Å². The monoisotopic (exact) mass is 467 g/mol. The van der Waals surface area contributed by atoms with E-state index in [1.165, 1.54) is 10.4 Å². The van der Waals surface area contributed by atoms with Crippen LogP contribution in [0.4, 0.5) is 16.2 Å². The maximum Gasteiger partial charge on any atom is 0.324 e. The summed E-state index contributed by atoms with van der Waals surface area (Å²) in [6, 6.07) is 4.36. The normalized spacial score (nSPS) is 22.1. The zero-order valence-corrected chi connectivity index (χ0v) is 18.7. The van der Waals surface area contributed by atoms with Crippen molar-refractivity contribution in [1.82, 2.24) is 14.5 Å². The van der Waals surface area contributed by atoms with Gasteiger partial charge in [-0.1, -0.05) is 0 Å². The minimum atomic E-state index is -3.69. The van der Waals surface area contributed by atoms with E-state index in [0.29, 0.717) is 57.3 Å². The number of nitrogens with one attached hydrogen (secondary N) is 3. The highest BCUT2D eigenvalue weighted by Crippen LogP contribution is 2.28. The van der Waals surface area contributed by atoms with Crippen LogP contribution in [0.25, 0.3) is 0 Å². The van der Waals surface area contributed by atoms with Crippen LogP contribution in [0, 0.1) is 0 Å². The summed E-state index contributed by atoms with van der Waals surface area (Å²) in [5, 5.41) is 8.91. The highest BCUT2D eigenvalue weighted by Gasteiger charge is 2.28. The molecule has 3 aliphatic heterocycles. The van der Waals surface area contributed by atoms with Crippen LogP contribution in [-0.4, -0.2) is 94.8 Å². The Bertz CT molecular complexity index is 944. The Kier molecular flexibility index (Phi) is 7.13. The largest absolute Gasteiger partial charge is 0.381 e. The molecule has 3 N–H and O–H groups in total. The van der Waals surface area contributed by atoms with Crippen molar-refractivity contribution in [2.24, 2.45) is 0 Å². The average Bonchev–Trinajstić information content (AvgIpc) is 3.48. The van der Waals surface area contributed by atoms with E-state index in [1.807, 2.05) is 0 Å². The van der Waals surface area contributed by atoms with Crippen LogP contribution < -0.4 is 16.0 Å². The molecule has 0 bridgehead atoms. The van der Waals surface area contributed by atoms with Gasteiger partial charge in [-0.15, -0.1) is 0 Å². The standard InChI is InChI=1S/C20H29N5O6S/c26-19(25-6-5-21-20(25)27)14-23-18-12-16(32(28,29)24-7-10-30-11-8-24)3-4-17(18)22-13-15-2-1-9-31-15/h3-4,12,15,22-23H,1-2,5-11,13-14H2,(H,21,27)/t15-/m0/s1. The van der Waals surface area contributed by atoms with Crippen LogP contribution >= 0.6 is 0 Å². The van der Waals surface area contributed by atoms with Crippen LogP contribution in [0.5, 0.6) is 0 Å². The SMILES string of the molecule is O=C(CNc1cc(S(=O)(=O)N2CCOCC2)ccc1NC[C@@H]1CCCO1)N1CCNC1=O. The number of morpholine rings is 1. The number of benzene rings is 1. The Labute approximate surface area is 187 Å². The highest BCUT2D eigenvalue weighted by atomic mass is 32.2. The zero-order chi connectivity index (χ0) is 22.6. The van der Waals surface area contributed by atoms with Gasteiger partial charge in [0.1, 0.15) is 0 Å². The Balaban J connectivity index is 1.52. The predicted molar refractivity (Wildman–Crippen MR) is 117 cm³/mol. The number of hydrogen-bond donors (Lipinski definition) is 3. The molecule has 12 heteroatoms. The highest BCUT2D eigenvalue weighted by molar-refractivity contribution is 7.89. The lowest BCUT2D eigenvalue weighted by Crippen LogP contribution is -2.40. The van der Waals surface area contributed by atoms with Gasteiger partial charge in [0.15, 0.2) is 0 Å². The second-order valence-corrected chi connectivity index (χ2v) is 9.81. The van der Waals surface area contributed by atoms with Crippen molar-refractivity contribution in [3.8, 4) is 0 Å². The number of ether oxygens (including phenoxy) is 2. The summed E-state index contributed by atoms with van der Waals surface area (Å²) in [6.07, 6.45) is 2.07. The van der Waals surface area contributed by atoms with E-state index in [9.17, 15) is 18.0 Å². The Morgan fingerprint density at radius 3 is 2.62 bits per heavy atom. The maximum atomic E-state index is 13.1. The van der Waals surface area contributed by atoms with Gasteiger partial charge in [0.05, 0.1) is 42.1 Å². The number of sulfonamides is 1. The molecule has 0 radical (unpaired) electrons. The van der Waals surface area contributed by atoms with E-state index >= 15 is 0 Å². The first-order chi connectivity index (χ1) is 15.4. The van der Waals surface area contributed by atoms with Gasteiger partial charge in [-0.05, 0) is 31.0 Å². The van der Waals surface area contributed by atoms with Crippen molar-refractivity contribution in [1.29, 1.82) is 0 Å². The second kappa shape index (κ2) is 10.0. The number of imide groups is 1. The van der Waals surface area contributed by atoms with E-state index in [4.69, 9.17) is 9.47 Å². The van der Waals surface area contributed by atoms with Gasteiger partial charge in [-0.2, -0.15) is 4.31 Å². The molecular weight excluding hydrogens is 438 g/mol. The van der Waals surface area contributed by atoms with Gasteiger partial charge in [-0.25, -0.2) is 13.2 Å². The Hall–Kier alpha value is -2.41. The molecule has 0 aliphatic carbocycles. The molecule has 1 aromatic carbocycles. The van der Waals surface area contributed by atoms with Gasteiger partial charge in [0.2, 0.25) is 15.9 Å². The number of urea groups is 1. The predicted octanol–water partition coefficient (Wildman–Crippen LogP) is 0.262. The summed E-state index contributed by atoms with van der Waals surface area (Å²) in [4.78, 5) is 25.5. The summed E-state index contributed by atoms with van der Waals surface area (Å²) in [7, 11) is -3.69. The molecule has 1 atom stereocenters. The number of nitrogens with zero attached hydrogens (tertiary/aromatic N) is 2. The molecule has 3 aliphatic rings. The van der Waals surface area contributed by atoms with Crippen molar-refractivity contribution in [2.45, 2.75) is 23.8 Å². The molecule has 0 spiro atoms. The molecule has 3 fully saturated rings. The second-order valence-electron chi connectivity index (χ2n) is 7.87. The van der Waals surface area contributed by atoms with Crippen LogP contribution in [0.2, 0.25) is 0 Å². The third kappa shape index (κ3) is 5.14. The Morgan fingerprint density at radius 1 is 1.12 bits per heavy atom. The fraction of sp³-hybridized carbons (Fsp3) is 0.600. The zero-order valence-electron chi connectivity index (χ0n) is 17.8. The molecule has 0 aromatic heterocycles. The van der Waals surface area contributed by atoms with Crippen molar-refractivity contribution in [3.05, 3.63) is 18.2 Å². The molecule has 0 unspecified atom stereocenters. The molecule has 0 saturated carbocycles. The molecule has 176 valence electrons. The van der Waals surface area contributed by atoms with Gasteiger partial charge in [-0.3, -0.25) is 9.69 Å². The summed E-state index contributed by atoms with van der Waals surface area (Å²) >= 11 is 0. The van der Waals surface area contributed by atoms with Gasteiger partial charge < -0.3 is 25.4 Å². The number of hydrogen-bond acceptors (Lipinski definition) is 8. The third-order valence-electron chi connectivity index (χ3n) is 5.73. The Morgan fingerprint density at radius 2 is 1.94 bits per heavy atom. The van der Waals surface area contributed by atoms with Gasteiger partial charge in [0.25, 0.3) is 0 Å². The van der Waals surface area contributed by atoms with Crippen LogP contribution in [0.15, 0.2) is 23.1 Å². The fourth-order valence-corrected chi connectivity index (χ4v) is 5.36. The summed E-state index contributed by atoms with van der Waals surface area (Å²) in [5.41, 5.74) is 1.14. The first-order valence-corrected chi connectivity index (χ1v) is 12.3. The van der Waals surface area contributed by atoms with Crippen molar-refractivity contribution in [3.63, 3.8) is 0 Å². The molecule has 11 nitrogen and oxygen atoms in total. The molecule has 3 amide bonds. The van der Waals surface area contributed by atoms with E-state index in [-0.39, 0.29) is 23.5 Å². The lowest BCUT2D eigenvalue weighted by molar-refractivity contribution is -0.125. The number of carbonyl (C=O) groups is 2. The summed E-state index contributed by atoms with van der Waals surface area (Å²) in [6.45, 7) is 3.23. The number of amides is 3. The topological polar surface area (TPSA) is 129 Å².